The number of carbonyl (C=O) groups excluding carboxylic acids is 1. The molecule has 1 aliphatic carbocycles. The van der Waals surface area contributed by atoms with Gasteiger partial charge in [-0.15, -0.1) is 0 Å². The highest BCUT2D eigenvalue weighted by Gasteiger charge is 2.19. The second-order valence-corrected chi connectivity index (χ2v) is 5.76. The SMILES string of the molecule is NCCc1ccc(CNC(=O)C2CCCCCC2)cc1. The maximum Gasteiger partial charge on any atom is 0.223 e. The largest absolute Gasteiger partial charge is 0.352 e. The number of hydrogen-bond donors (Lipinski definition) is 2. The molecule has 0 saturated heterocycles. The minimum Gasteiger partial charge on any atom is -0.352 e. The van der Waals surface area contributed by atoms with Crippen molar-refractivity contribution < 1.29 is 4.79 Å². The fraction of sp³-hybridized carbons (Fsp3) is 0.588. The maximum absolute atomic E-state index is 12.2. The first-order chi connectivity index (χ1) is 9.79. The van der Waals surface area contributed by atoms with Crippen LogP contribution in [0.5, 0.6) is 0 Å². The van der Waals surface area contributed by atoms with Crippen molar-refractivity contribution in [2.24, 2.45) is 11.7 Å². The topological polar surface area (TPSA) is 55.1 Å². The Bertz CT molecular complexity index is 406. The summed E-state index contributed by atoms with van der Waals surface area (Å²) in [5.41, 5.74) is 7.95. The van der Waals surface area contributed by atoms with E-state index in [0.29, 0.717) is 13.1 Å². The quantitative estimate of drug-likeness (QED) is 0.811. The van der Waals surface area contributed by atoms with Gasteiger partial charge in [-0.2, -0.15) is 0 Å². The molecule has 1 saturated carbocycles. The molecule has 0 bridgehead atoms. The average Bonchev–Trinajstić information content (AvgIpc) is 2.76. The van der Waals surface area contributed by atoms with E-state index in [1.165, 1.54) is 31.2 Å². The number of nitrogens with one attached hydrogen (secondary N) is 1. The molecule has 2 rings (SSSR count). The van der Waals surface area contributed by atoms with Gasteiger partial charge in [0, 0.05) is 12.5 Å². The van der Waals surface area contributed by atoms with Crippen LogP contribution in [0, 0.1) is 5.92 Å². The van der Waals surface area contributed by atoms with Crippen LogP contribution < -0.4 is 11.1 Å². The Morgan fingerprint density at radius 1 is 1.05 bits per heavy atom. The first kappa shape index (κ1) is 15.0. The molecular weight excluding hydrogens is 248 g/mol. The van der Waals surface area contributed by atoms with E-state index >= 15 is 0 Å². The van der Waals surface area contributed by atoms with Gasteiger partial charge in [0.2, 0.25) is 5.91 Å². The number of hydrogen-bond acceptors (Lipinski definition) is 2. The van der Waals surface area contributed by atoms with E-state index in [2.05, 4.69) is 29.6 Å². The van der Waals surface area contributed by atoms with E-state index < -0.39 is 0 Å². The van der Waals surface area contributed by atoms with E-state index in [1.54, 1.807) is 0 Å². The van der Waals surface area contributed by atoms with E-state index in [9.17, 15) is 4.79 Å². The van der Waals surface area contributed by atoms with Crippen molar-refractivity contribution in [2.45, 2.75) is 51.5 Å². The van der Waals surface area contributed by atoms with Crippen LogP contribution >= 0.6 is 0 Å². The zero-order valence-corrected chi connectivity index (χ0v) is 12.2. The van der Waals surface area contributed by atoms with Gasteiger partial charge in [0.1, 0.15) is 0 Å². The molecule has 1 fully saturated rings. The van der Waals surface area contributed by atoms with Crippen LogP contribution in [-0.2, 0) is 17.8 Å². The van der Waals surface area contributed by atoms with E-state index in [-0.39, 0.29) is 11.8 Å². The number of benzene rings is 1. The van der Waals surface area contributed by atoms with Crippen molar-refractivity contribution in [1.29, 1.82) is 0 Å². The molecule has 0 spiro atoms. The molecule has 3 N–H and O–H groups in total. The minimum atomic E-state index is 0.231. The van der Waals surface area contributed by atoms with Crippen molar-refractivity contribution in [3.8, 4) is 0 Å². The molecule has 1 amide bonds. The lowest BCUT2D eigenvalue weighted by atomic mass is 9.99. The van der Waals surface area contributed by atoms with E-state index in [1.807, 2.05) is 0 Å². The van der Waals surface area contributed by atoms with Gasteiger partial charge in [-0.3, -0.25) is 4.79 Å². The summed E-state index contributed by atoms with van der Waals surface area (Å²) in [6.45, 7) is 1.32. The van der Waals surface area contributed by atoms with Gasteiger partial charge < -0.3 is 11.1 Å². The van der Waals surface area contributed by atoms with Crippen LogP contribution in [0.25, 0.3) is 0 Å². The summed E-state index contributed by atoms with van der Waals surface area (Å²) in [5, 5.41) is 3.08. The zero-order chi connectivity index (χ0) is 14.2. The Balaban J connectivity index is 1.80. The van der Waals surface area contributed by atoms with Crippen molar-refractivity contribution in [3.05, 3.63) is 35.4 Å². The standard InChI is InChI=1S/C17H26N2O/c18-12-11-14-7-9-15(10-8-14)13-19-17(20)16-5-3-1-2-4-6-16/h7-10,16H,1-6,11-13,18H2,(H,19,20). The van der Waals surface area contributed by atoms with Crippen molar-refractivity contribution in [2.75, 3.05) is 6.54 Å². The van der Waals surface area contributed by atoms with Gasteiger partial charge in [-0.1, -0.05) is 49.9 Å². The van der Waals surface area contributed by atoms with Gasteiger partial charge in [0.15, 0.2) is 0 Å². The van der Waals surface area contributed by atoms with Crippen LogP contribution in [0.2, 0.25) is 0 Å². The molecule has 0 aromatic heterocycles. The van der Waals surface area contributed by atoms with Crippen LogP contribution in [0.3, 0.4) is 0 Å². The smallest absolute Gasteiger partial charge is 0.223 e. The second kappa shape index (κ2) is 8.05. The van der Waals surface area contributed by atoms with Crippen LogP contribution in [0.1, 0.15) is 49.7 Å². The third kappa shape index (κ3) is 4.64. The molecule has 0 aliphatic heterocycles. The molecule has 1 aromatic carbocycles. The first-order valence-corrected chi connectivity index (χ1v) is 7.85. The summed E-state index contributed by atoms with van der Waals surface area (Å²) in [5.74, 6) is 0.465. The van der Waals surface area contributed by atoms with E-state index in [0.717, 1.165) is 24.8 Å². The summed E-state index contributed by atoms with van der Waals surface area (Å²) >= 11 is 0. The number of carbonyl (C=O) groups is 1. The van der Waals surface area contributed by atoms with Gasteiger partial charge in [0.25, 0.3) is 0 Å². The van der Waals surface area contributed by atoms with Crippen LogP contribution in [0.15, 0.2) is 24.3 Å². The summed E-state index contributed by atoms with van der Waals surface area (Å²) in [4.78, 5) is 12.2. The lowest BCUT2D eigenvalue weighted by Crippen LogP contribution is -2.30. The van der Waals surface area contributed by atoms with Crippen LogP contribution in [-0.4, -0.2) is 12.5 Å². The highest BCUT2D eigenvalue weighted by Crippen LogP contribution is 2.22. The maximum atomic E-state index is 12.2. The molecular formula is C17H26N2O. The van der Waals surface area contributed by atoms with Gasteiger partial charge in [0.05, 0.1) is 0 Å². The molecule has 3 heteroatoms. The number of nitrogens with two attached hydrogens (primary N) is 1. The summed E-state index contributed by atoms with van der Waals surface area (Å²) in [6.07, 6.45) is 7.99. The van der Waals surface area contributed by atoms with Gasteiger partial charge >= 0.3 is 0 Å². The second-order valence-electron chi connectivity index (χ2n) is 5.76. The van der Waals surface area contributed by atoms with Crippen molar-refractivity contribution in [3.63, 3.8) is 0 Å². The van der Waals surface area contributed by atoms with Crippen LogP contribution in [0.4, 0.5) is 0 Å². The third-order valence-corrected chi connectivity index (χ3v) is 4.15. The van der Waals surface area contributed by atoms with E-state index in [4.69, 9.17) is 5.73 Å². The molecule has 1 aromatic rings. The molecule has 20 heavy (non-hydrogen) atoms. The molecule has 0 radical (unpaired) electrons. The minimum absolute atomic E-state index is 0.231. The highest BCUT2D eigenvalue weighted by molar-refractivity contribution is 5.78. The molecule has 0 atom stereocenters. The molecule has 110 valence electrons. The predicted molar refractivity (Wildman–Crippen MR) is 82.2 cm³/mol. The summed E-state index contributed by atoms with van der Waals surface area (Å²) in [7, 11) is 0. The lowest BCUT2D eigenvalue weighted by molar-refractivity contribution is -0.125. The average molecular weight is 274 g/mol. The highest BCUT2D eigenvalue weighted by atomic mass is 16.1. The summed E-state index contributed by atoms with van der Waals surface area (Å²) in [6, 6.07) is 8.36. The number of rotatable bonds is 5. The summed E-state index contributed by atoms with van der Waals surface area (Å²) < 4.78 is 0. The Morgan fingerprint density at radius 3 is 2.25 bits per heavy atom. The predicted octanol–water partition coefficient (Wildman–Crippen LogP) is 2.77. The Labute approximate surface area is 121 Å². The monoisotopic (exact) mass is 274 g/mol. The van der Waals surface area contributed by atoms with Crippen molar-refractivity contribution in [1.82, 2.24) is 5.32 Å². The normalized spacial score (nSPS) is 16.6. The molecule has 1 aliphatic rings. The Hall–Kier alpha value is -1.35. The fourth-order valence-corrected chi connectivity index (χ4v) is 2.87. The zero-order valence-electron chi connectivity index (χ0n) is 12.2. The van der Waals surface area contributed by atoms with Crippen molar-refractivity contribution >= 4 is 5.91 Å². The number of amides is 1. The third-order valence-electron chi connectivity index (χ3n) is 4.15. The molecule has 3 nitrogen and oxygen atoms in total. The fourth-order valence-electron chi connectivity index (χ4n) is 2.87. The Kier molecular flexibility index (Phi) is 6.06. The molecule has 0 unspecified atom stereocenters. The lowest BCUT2D eigenvalue weighted by Gasteiger charge is -2.14. The first-order valence-electron chi connectivity index (χ1n) is 7.85. The Morgan fingerprint density at radius 2 is 1.65 bits per heavy atom. The van der Waals surface area contributed by atoms with Gasteiger partial charge in [-0.25, -0.2) is 0 Å². The molecule has 0 heterocycles. The van der Waals surface area contributed by atoms with Gasteiger partial charge in [-0.05, 0) is 36.9 Å².